The minimum atomic E-state index is -3.22. The molecule has 0 fully saturated rings. The predicted molar refractivity (Wildman–Crippen MR) is 59.7 cm³/mol. The maximum atomic E-state index is 13.2. The van der Waals surface area contributed by atoms with Gasteiger partial charge in [-0.25, -0.2) is 8.78 Å². The Balaban J connectivity index is 2.65. The summed E-state index contributed by atoms with van der Waals surface area (Å²) in [4.78, 5) is 23.4. The summed E-state index contributed by atoms with van der Waals surface area (Å²) in [6.45, 7) is 1.38. The number of Topliss-reactive ketones (excluding diaryl/α,β-unsaturated/α-hetero) is 1. The van der Waals surface area contributed by atoms with E-state index < -0.39 is 29.5 Å². The second-order valence-electron chi connectivity index (χ2n) is 4.57. The van der Waals surface area contributed by atoms with Gasteiger partial charge in [-0.05, 0) is 17.9 Å². The minimum Gasteiger partial charge on any atom is -0.480 e. The van der Waals surface area contributed by atoms with E-state index in [1.54, 1.807) is 18.2 Å². The first-order chi connectivity index (χ1) is 8.42. The van der Waals surface area contributed by atoms with Gasteiger partial charge in [0.2, 0.25) is 0 Å². The lowest BCUT2D eigenvalue weighted by Gasteiger charge is -2.37. The average Bonchev–Trinajstić information content (AvgIpc) is 2.28. The molecule has 5 heteroatoms. The molecule has 0 amide bonds. The molecule has 0 radical (unpaired) electrons. The highest BCUT2D eigenvalue weighted by Gasteiger charge is 2.60. The molecule has 0 aliphatic heterocycles. The maximum Gasteiger partial charge on any atom is 0.323 e. The van der Waals surface area contributed by atoms with E-state index in [9.17, 15) is 18.4 Å². The van der Waals surface area contributed by atoms with Crippen LogP contribution in [0.5, 0.6) is 0 Å². The number of fused-ring (bicyclic) bond motifs is 1. The van der Waals surface area contributed by atoms with Crippen molar-refractivity contribution in [1.82, 2.24) is 0 Å². The van der Waals surface area contributed by atoms with Crippen molar-refractivity contribution >= 4 is 11.8 Å². The lowest BCUT2D eigenvalue weighted by molar-refractivity contribution is -0.158. The van der Waals surface area contributed by atoms with E-state index in [0.29, 0.717) is 5.56 Å². The van der Waals surface area contributed by atoms with Gasteiger partial charge < -0.3 is 5.11 Å². The molecule has 0 spiro atoms. The summed E-state index contributed by atoms with van der Waals surface area (Å²) in [6.07, 6.45) is -3.05. The Morgan fingerprint density at radius 3 is 2.61 bits per heavy atom. The van der Waals surface area contributed by atoms with E-state index in [1.165, 1.54) is 13.0 Å². The number of alkyl halides is 2. The van der Waals surface area contributed by atoms with E-state index in [-0.39, 0.29) is 12.0 Å². The first-order valence-corrected chi connectivity index (χ1v) is 5.56. The summed E-state index contributed by atoms with van der Waals surface area (Å²) in [7, 11) is 0. The Hall–Kier alpha value is -1.78. The molecule has 0 saturated heterocycles. The van der Waals surface area contributed by atoms with Gasteiger partial charge in [0.15, 0.2) is 11.2 Å². The molecule has 2 unspecified atom stereocenters. The third-order valence-corrected chi connectivity index (χ3v) is 3.64. The lowest BCUT2D eigenvalue weighted by atomic mass is 9.64. The van der Waals surface area contributed by atoms with Gasteiger partial charge in [-0.15, -0.1) is 0 Å². The number of carbonyl (C=O) groups is 2. The predicted octanol–water partition coefficient (Wildman–Crippen LogP) is 2.40. The van der Waals surface area contributed by atoms with Crippen LogP contribution >= 0.6 is 0 Å². The Morgan fingerprint density at radius 2 is 2.06 bits per heavy atom. The van der Waals surface area contributed by atoms with E-state index in [2.05, 4.69) is 0 Å². The third kappa shape index (κ3) is 1.46. The molecular weight excluding hydrogens is 242 g/mol. The number of rotatable bonds is 2. The van der Waals surface area contributed by atoms with Crippen LogP contribution in [0, 0.1) is 11.3 Å². The van der Waals surface area contributed by atoms with Gasteiger partial charge >= 0.3 is 5.97 Å². The molecule has 96 valence electrons. The highest BCUT2D eigenvalue weighted by Crippen LogP contribution is 2.44. The molecule has 18 heavy (non-hydrogen) atoms. The monoisotopic (exact) mass is 254 g/mol. The molecule has 1 aliphatic rings. The zero-order valence-corrected chi connectivity index (χ0v) is 9.69. The summed E-state index contributed by atoms with van der Waals surface area (Å²) >= 11 is 0. The SMILES string of the molecule is CC1Cc2ccccc2C(=O)C1(C(=O)O)C(F)F. The highest BCUT2D eigenvalue weighted by molar-refractivity contribution is 6.14. The number of carboxylic acid groups (broad SMARTS) is 1. The second-order valence-corrected chi connectivity index (χ2v) is 4.57. The largest absolute Gasteiger partial charge is 0.480 e. The first-order valence-electron chi connectivity index (χ1n) is 5.56. The van der Waals surface area contributed by atoms with Gasteiger partial charge in [0.1, 0.15) is 0 Å². The van der Waals surface area contributed by atoms with Crippen molar-refractivity contribution in [2.75, 3.05) is 0 Å². The third-order valence-electron chi connectivity index (χ3n) is 3.64. The van der Waals surface area contributed by atoms with Crippen molar-refractivity contribution in [1.29, 1.82) is 0 Å². The zero-order valence-electron chi connectivity index (χ0n) is 9.69. The first kappa shape index (κ1) is 12.7. The van der Waals surface area contributed by atoms with E-state index in [1.807, 2.05) is 0 Å². The highest BCUT2D eigenvalue weighted by atomic mass is 19.3. The van der Waals surface area contributed by atoms with Crippen LogP contribution in [0.3, 0.4) is 0 Å². The minimum absolute atomic E-state index is 0.0956. The van der Waals surface area contributed by atoms with Crippen LogP contribution in [0.1, 0.15) is 22.8 Å². The standard InChI is InChI=1S/C13H12F2O3/c1-7-6-8-4-2-3-5-9(8)10(16)13(7,11(14)15)12(17)18/h2-5,7,11H,6H2,1H3,(H,17,18). The average molecular weight is 254 g/mol. The van der Waals surface area contributed by atoms with Crippen LogP contribution in [-0.4, -0.2) is 23.3 Å². The molecule has 1 N–H and O–H groups in total. The van der Waals surface area contributed by atoms with Gasteiger partial charge in [0.05, 0.1) is 0 Å². The number of hydrogen-bond donors (Lipinski definition) is 1. The Kier molecular flexibility index (Phi) is 2.92. The fraction of sp³-hybridized carbons (Fsp3) is 0.385. The normalized spacial score (nSPS) is 27.1. The molecule has 0 heterocycles. The van der Waals surface area contributed by atoms with E-state index in [4.69, 9.17) is 5.11 Å². The Labute approximate surface area is 102 Å². The van der Waals surface area contributed by atoms with Crippen molar-refractivity contribution in [3.05, 3.63) is 35.4 Å². The molecule has 0 saturated carbocycles. The quantitative estimate of drug-likeness (QED) is 0.824. The Bertz CT molecular complexity index is 513. The molecule has 1 aromatic rings. The van der Waals surface area contributed by atoms with Crippen molar-refractivity contribution < 1.29 is 23.5 Å². The smallest absolute Gasteiger partial charge is 0.323 e. The van der Waals surface area contributed by atoms with Crippen LogP contribution < -0.4 is 0 Å². The maximum absolute atomic E-state index is 13.2. The molecule has 3 nitrogen and oxygen atoms in total. The lowest BCUT2D eigenvalue weighted by Crippen LogP contribution is -2.53. The second kappa shape index (κ2) is 4.15. The topological polar surface area (TPSA) is 54.4 Å². The van der Waals surface area contributed by atoms with Crippen molar-refractivity contribution in [3.63, 3.8) is 0 Å². The van der Waals surface area contributed by atoms with Gasteiger partial charge in [-0.2, -0.15) is 0 Å². The molecule has 2 rings (SSSR count). The zero-order chi connectivity index (χ0) is 13.5. The molecule has 1 aromatic carbocycles. The summed E-state index contributed by atoms with van der Waals surface area (Å²) < 4.78 is 26.4. The van der Waals surface area contributed by atoms with Crippen molar-refractivity contribution in [2.24, 2.45) is 11.3 Å². The van der Waals surface area contributed by atoms with Crippen molar-refractivity contribution in [3.8, 4) is 0 Å². The fourth-order valence-electron chi connectivity index (χ4n) is 2.57. The number of hydrogen-bond acceptors (Lipinski definition) is 2. The van der Waals surface area contributed by atoms with Crippen LogP contribution in [0.4, 0.5) is 8.78 Å². The van der Waals surface area contributed by atoms with Crippen molar-refractivity contribution in [2.45, 2.75) is 19.8 Å². The number of carboxylic acids is 1. The number of carbonyl (C=O) groups excluding carboxylic acids is 1. The summed E-state index contributed by atoms with van der Waals surface area (Å²) in [5.41, 5.74) is -1.89. The molecule has 0 aromatic heterocycles. The van der Waals surface area contributed by atoms with Gasteiger partial charge in [-0.1, -0.05) is 31.2 Å². The number of halogens is 2. The molecule has 2 atom stereocenters. The van der Waals surface area contributed by atoms with Crippen LogP contribution in [0.25, 0.3) is 0 Å². The number of benzene rings is 1. The summed E-state index contributed by atoms with van der Waals surface area (Å²) in [5.74, 6) is -3.67. The Morgan fingerprint density at radius 1 is 1.44 bits per heavy atom. The van der Waals surface area contributed by atoms with Gasteiger partial charge in [0.25, 0.3) is 6.43 Å². The summed E-state index contributed by atoms with van der Waals surface area (Å²) in [6, 6.07) is 6.32. The van der Waals surface area contributed by atoms with Crippen LogP contribution in [-0.2, 0) is 11.2 Å². The summed E-state index contributed by atoms with van der Waals surface area (Å²) in [5, 5.41) is 9.12. The van der Waals surface area contributed by atoms with E-state index >= 15 is 0 Å². The van der Waals surface area contributed by atoms with Gasteiger partial charge in [0, 0.05) is 5.56 Å². The van der Waals surface area contributed by atoms with E-state index in [0.717, 1.165) is 0 Å². The molecule has 0 bridgehead atoms. The molecule has 1 aliphatic carbocycles. The van der Waals surface area contributed by atoms with Crippen LogP contribution in [0.2, 0.25) is 0 Å². The number of ketones is 1. The fourth-order valence-corrected chi connectivity index (χ4v) is 2.57. The van der Waals surface area contributed by atoms with Crippen LogP contribution in [0.15, 0.2) is 24.3 Å². The van der Waals surface area contributed by atoms with Gasteiger partial charge in [-0.3, -0.25) is 9.59 Å². The number of aliphatic carboxylic acids is 1. The molecular formula is C13H12F2O3.